The second-order valence-electron chi connectivity index (χ2n) is 5.02. The molecule has 0 radical (unpaired) electrons. The molecule has 2 aromatic rings. The van der Waals surface area contributed by atoms with Crippen molar-refractivity contribution in [2.24, 2.45) is 7.05 Å². The van der Waals surface area contributed by atoms with Crippen LogP contribution in [0.25, 0.3) is 0 Å². The number of hydrogen-bond donors (Lipinski definition) is 1. The van der Waals surface area contributed by atoms with Crippen molar-refractivity contribution in [3.8, 4) is 0 Å². The molecule has 0 saturated heterocycles. The number of carbonyl (C=O) groups is 1. The number of carbonyl (C=O) groups excluding carboxylic acids is 1. The van der Waals surface area contributed by atoms with Gasteiger partial charge in [-0.05, 0) is 6.07 Å². The summed E-state index contributed by atoms with van der Waals surface area (Å²) in [5.41, 5.74) is 0.759. The van der Waals surface area contributed by atoms with Crippen LogP contribution < -0.4 is 5.56 Å². The number of aryl methyl sites for hydroxylation is 2. The minimum atomic E-state index is -0.129. The Morgan fingerprint density at radius 1 is 1.41 bits per heavy atom. The fourth-order valence-corrected chi connectivity index (χ4v) is 2.16. The Bertz CT molecular complexity index is 677. The molecule has 0 aliphatic carbocycles. The minimum absolute atomic E-state index is 0.102. The molecule has 22 heavy (non-hydrogen) atoms. The molecule has 0 aliphatic heterocycles. The largest absolute Gasteiger partial charge is 0.395 e. The van der Waals surface area contributed by atoms with Crippen LogP contribution in [0.2, 0.25) is 0 Å². The van der Waals surface area contributed by atoms with E-state index in [1.165, 1.54) is 10.6 Å². The first-order valence-corrected chi connectivity index (χ1v) is 7.11. The van der Waals surface area contributed by atoms with Crippen LogP contribution in [0.1, 0.15) is 12.1 Å². The molecule has 0 saturated carbocycles. The molecule has 0 aromatic carbocycles. The van der Waals surface area contributed by atoms with Crippen LogP contribution in [0, 0.1) is 0 Å². The summed E-state index contributed by atoms with van der Waals surface area (Å²) in [6.07, 6.45) is 5.23. The number of imidazole rings is 1. The Morgan fingerprint density at radius 2 is 2.23 bits per heavy atom. The molecule has 0 unspecified atom stereocenters. The standard InChI is InChI=1S/C15H20N4O3/c1-17-12-16-10-13(17)11-19(8-9-20)15(22)5-7-18-6-3-2-4-14(18)21/h2-4,6,10,12,20H,5,7-9,11H2,1H3. The molecule has 0 atom stereocenters. The number of aliphatic hydroxyl groups excluding tert-OH is 1. The molecule has 2 rings (SSSR count). The van der Waals surface area contributed by atoms with Gasteiger partial charge in [0, 0.05) is 45.0 Å². The predicted molar refractivity (Wildman–Crippen MR) is 81.0 cm³/mol. The number of nitrogens with zero attached hydrogens (tertiary/aromatic N) is 4. The lowest BCUT2D eigenvalue weighted by molar-refractivity contribution is -0.132. The second kappa shape index (κ2) is 7.56. The topological polar surface area (TPSA) is 80.4 Å². The van der Waals surface area contributed by atoms with Gasteiger partial charge in [0.05, 0.1) is 25.2 Å². The van der Waals surface area contributed by atoms with Crippen LogP contribution in [0.5, 0.6) is 0 Å². The summed E-state index contributed by atoms with van der Waals surface area (Å²) in [4.78, 5) is 29.5. The molecule has 2 aromatic heterocycles. The van der Waals surface area contributed by atoms with Crippen molar-refractivity contribution in [1.29, 1.82) is 0 Å². The quantitative estimate of drug-likeness (QED) is 0.780. The highest BCUT2D eigenvalue weighted by Gasteiger charge is 2.15. The van der Waals surface area contributed by atoms with Crippen molar-refractivity contribution >= 4 is 5.91 Å². The van der Waals surface area contributed by atoms with Crippen molar-refractivity contribution in [3.63, 3.8) is 0 Å². The van der Waals surface area contributed by atoms with Gasteiger partial charge in [-0.1, -0.05) is 6.07 Å². The first-order valence-electron chi connectivity index (χ1n) is 7.11. The second-order valence-corrected chi connectivity index (χ2v) is 5.02. The van der Waals surface area contributed by atoms with Crippen LogP contribution >= 0.6 is 0 Å². The van der Waals surface area contributed by atoms with Crippen molar-refractivity contribution in [3.05, 3.63) is 53.0 Å². The van der Waals surface area contributed by atoms with E-state index >= 15 is 0 Å². The highest BCUT2D eigenvalue weighted by atomic mass is 16.3. The lowest BCUT2D eigenvalue weighted by Gasteiger charge is -2.22. The van der Waals surface area contributed by atoms with Gasteiger partial charge < -0.3 is 19.1 Å². The average Bonchev–Trinajstić information content (AvgIpc) is 2.91. The third-order valence-corrected chi connectivity index (χ3v) is 3.46. The normalized spacial score (nSPS) is 10.6. The lowest BCUT2D eigenvalue weighted by atomic mass is 10.3. The third kappa shape index (κ3) is 4.05. The summed E-state index contributed by atoms with van der Waals surface area (Å²) >= 11 is 0. The smallest absolute Gasteiger partial charge is 0.250 e. The van der Waals surface area contributed by atoms with Gasteiger partial charge in [-0.2, -0.15) is 0 Å². The van der Waals surface area contributed by atoms with Gasteiger partial charge in [0.25, 0.3) is 5.56 Å². The average molecular weight is 304 g/mol. The van der Waals surface area contributed by atoms with Gasteiger partial charge in [0.15, 0.2) is 0 Å². The maximum absolute atomic E-state index is 12.3. The van der Waals surface area contributed by atoms with Crippen molar-refractivity contribution in [1.82, 2.24) is 19.0 Å². The molecule has 7 heteroatoms. The maximum atomic E-state index is 12.3. The van der Waals surface area contributed by atoms with Crippen molar-refractivity contribution in [2.45, 2.75) is 19.5 Å². The molecule has 7 nitrogen and oxygen atoms in total. The number of rotatable bonds is 7. The number of pyridine rings is 1. The van der Waals surface area contributed by atoms with Gasteiger partial charge in [-0.15, -0.1) is 0 Å². The van der Waals surface area contributed by atoms with Crippen LogP contribution in [-0.2, 0) is 24.9 Å². The zero-order chi connectivity index (χ0) is 15.9. The van der Waals surface area contributed by atoms with E-state index in [-0.39, 0.29) is 31.0 Å². The van der Waals surface area contributed by atoms with Gasteiger partial charge in [0.2, 0.25) is 5.91 Å². The van der Waals surface area contributed by atoms with Crippen molar-refractivity contribution in [2.75, 3.05) is 13.2 Å². The van der Waals surface area contributed by atoms with Gasteiger partial charge in [-0.3, -0.25) is 9.59 Å². The van der Waals surface area contributed by atoms with Gasteiger partial charge >= 0.3 is 0 Å². The van der Waals surface area contributed by atoms with E-state index in [9.17, 15) is 9.59 Å². The summed E-state index contributed by atoms with van der Waals surface area (Å²) in [5.74, 6) is -0.106. The Morgan fingerprint density at radius 3 is 2.86 bits per heavy atom. The molecular weight excluding hydrogens is 284 g/mol. The molecule has 1 N–H and O–H groups in total. The number of hydrogen-bond acceptors (Lipinski definition) is 4. The summed E-state index contributed by atoms with van der Waals surface area (Å²) in [7, 11) is 1.85. The Labute approximate surface area is 128 Å². The predicted octanol–water partition coefficient (Wildman–Crippen LogP) is -0.00700. The van der Waals surface area contributed by atoms with Gasteiger partial charge in [-0.25, -0.2) is 4.98 Å². The fourth-order valence-electron chi connectivity index (χ4n) is 2.16. The molecule has 118 valence electrons. The Balaban J connectivity index is 1.99. The molecule has 1 amide bonds. The first-order chi connectivity index (χ1) is 10.6. The Hall–Kier alpha value is -2.41. The van der Waals surface area contributed by atoms with E-state index in [0.717, 1.165) is 5.69 Å². The monoisotopic (exact) mass is 304 g/mol. The molecule has 2 heterocycles. The minimum Gasteiger partial charge on any atom is -0.395 e. The molecule has 0 spiro atoms. The third-order valence-electron chi connectivity index (χ3n) is 3.46. The lowest BCUT2D eigenvalue weighted by Crippen LogP contribution is -2.34. The van der Waals surface area contributed by atoms with Gasteiger partial charge in [0.1, 0.15) is 0 Å². The van der Waals surface area contributed by atoms with E-state index in [1.54, 1.807) is 35.8 Å². The van der Waals surface area contributed by atoms with Crippen LogP contribution in [0.3, 0.4) is 0 Å². The number of aromatic nitrogens is 3. The van der Waals surface area contributed by atoms with E-state index < -0.39 is 0 Å². The summed E-state index contributed by atoms with van der Waals surface area (Å²) < 4.78 is 3.33. The van der Waals surface area contributed by atoms with E-state index in [1.807, 2.05) is 11.6 Å². The summed E-state index contributed by atoms with van der Waals surface area (Å²) in [5, 5.41) is 9.14. The number of amides is 1. The summed E-state index contributed by atoms with van der Waals surface area (Å²) in [6.45, 7) is 0.869. The van der Waals surface area contributed by atoms with Crippen LogP contribution in [0.15, 0.2) is 41.7 Å². The van der Waals surface area contributed by atoms with E-state index in [0.29, 0.717) is 13.1 Å². The van der Waals surface area contributed by atoms with E-state index in [4.69, 9.17) is 5.11 Å². The SMILES string of the molecule is Cn1cncc1CN(CCO)C(=O)CCn1ccccc1=O. The highest BCUT2D eigenvalue weighted by Crippen LogP contribution is 2.05. The molecule has 0 bridgehead atoms. The first kappa shape index (κ1) is 16.0. The molecule has 0 fully saturated rings. The van der Waals surface area contributed by atoms with Crippen molar-refractivity contribution < 1.29 is 9.90 Å². The maximum Gasteiger partial charge on any atom is 0.250 e. The van der Waals surface area contributed by atoms with Crippen LogP contribution in [-0.4, -0.2) is 43.2 Å². The Kier molecular flexibility index (Phi) is 5.48. The van der Waals surface area contributed by atoms with E-state index in [2.05, 4.69) is 4.98 Å². The zero-order valence-electron chi connectivity index (χ0n) is 12.6. The fraction of sp³-hybridized carbons (Fsp3) is 0.400. The van der Waals surface area contributed by atoms with Crippen LogP contribution in [0.4, 0.5) is 0 Å². The molecule has 0 aliphatic rings. The highest BCUT2D eigenvalue weighted by molar-refractivity contribution is 5.76. The molecular formula is C15H20N4O3. The summed E-state index contributed by atoms with van der Waals surface area (Å²) in [6, 6.07) is 4.89. The zero-order valence-corrected chi connectivity index (χ0v) is 12.6. The number of aliphatic hydroxyl groups is 1.